The number of nitrogens with two attached hydrogens (primary N) is 1. The van der Waals surface area contributed by atoms with E-state index in [1.807, 2.05) is 12.1 Å². The average molecular weight is 207 g/mol. The van der Waals surface area contributed by atoms with Crippen molar-refractivity contribution in [1.29, 1.82) is 0 Å². The lowest BCUT2D eigenvalue weighted by Crippen LogP contribution is -2.32. The highest BCUT2D eigenvalue weighted by molar-refractivity contribution is 5.38. The molecule has 0 heterocycles. The summed E-state index contributed by atoms with van der Waals surface area (Å²) in [4.78, 5) is 0. The highest BCUT2D eigenvalue weighted by Crippen LogP contribution is 2.23. The van der Waals surface area contributed by atoms with Crippen molar-refractivity contribution in [3.8, 4) is 5.75 Å². The molecule has 0 aliphatic rings. The van der Waals surface area contributed by atoms with Crippen molar-refractivity contribution in [3.63, 3.8) is 0 Å². The van der Waals surface area contributed by atoms with Crippen LogP contribution < -0.4 is 10.5 Å². The fraction of sp³-hybridized carbons (Fsp3) is 0.538. The van der Waals surface area contributed by atoms with Gasteiger partial charge in [0.25, 0.3) is 0 Å². The molecule has 0 aliphatic heterocycles. The number of hydrogen-bond acceptors (Lipinski definition) is 2. The molecule has 1 rings (SSSR count). The Hall–Kier alpha value is -1.02. The third kappa shape index (κ3) is 2.96. The van der Waals surface area contributed by atoms with Crippen molar-refractivity contribution in [1.82, 2.24) is 0 Å². The van der Waals surface area contributed by atoms with Crippen LogP contribution in [-0.4, -0.2) is 12.6 Å². The van der Waals surface area contributed by atoms with E-state index in [4.69, 9.17) is 10.5 Å². The van der Waals surface area contributed by atoms with Crippen molar-refractivity contribution >= 4 is 0 Å². The molecule has 15 heavy (non-hydrogen) atoms. The Kier molecular flexibility index (Phi) is 4.15. The first-order chi connectivity index (χ1) is 7.06. The number of rotatable bonds is 4. The van der Waals surface area contributed by atoms with Crippen molar-refractivity contribution in [2.75, 3.05) is 6.54 Å². The van der Waals surface area contributed by atoms with E-state index in [0.29, 0.717) is 12.5 Å². The highest BCUT2D eigenvalue weighted by atomic mass is 16.5. The number of ether oxygens (including phenoxy) is 1. The zero-order valence-corrected chi connectivity index (χ0v) is 10.1. The van der Waals surface area contributed by atoms with Gasteiger partial charge >= 0.3 is 0 Å². The summed E-state index contributed by atoms with van der Waals surface area (Å²) in [6, 6.07) is 6.12. The van der Waals surface area contributed by atoms with Crippen LogP contribution >= 0.6 is 0 Å². The fourth-order valence-electron chi connectivity index (χ4n) is 1.47. The molecular weight excluding hydrogens is 186 g/mol. The summed E-state index contributed by atoms with van der Waals surface area (Å²) in [5.41, 5.74) is 8.15. The SMILES string of the molecule is Cc1cccc(OC(CN)C(C)C)c1C. The summed E-state index contributed by atoms with van der Waals surface area (Å²) in [7, 11) is 0. The highest BCUT2D eigenvalue weighted by Gasteiger charge is 2.14. The smallest absolute Gasteiger partial charge is 0.122 e. The van der Waals surface area contributed by atoms with Crippen LogP contribution in [0.5, 0.6) is 5.75 Å². The van der Waals surface area contributed by atoms with E-state index >= 15 is 0 Å². The number of aryl methyl sites for hydroxylation is 1. The molecule has 84 valence electrons. The first-order valence-corrected chi connectivity index (χ1v) is 5.49. The second-order valence-electron chi connectivity index (χ2n) is 4.33. The Labute approximate surface area is 92.4 Å². The minimum atomic E-state index is 0.102. The monoisotopic (exact) mass is 207 g/mol. The second-order valence-corrected chi connectivity index (χ2v) is 4.33. The van der Waals surface area contributed by atoms with Crippen molar-refractivity contribution < 1.29 is 4.74 Å². The van der Waals surface area contributed by atoms with E-state index in [2.05, 4.69) is 33.8 Å². The quantitative estimate of drug-likeness (QED) is 0.823. The summed E-state index contributed by atoms with van der Waals surface area (Å²) in [6.07, 6.45) is 0.102. The third-order valence-electron chi connectivity index (χ3n) is 2.81. The molecule has 0 amide bonds. The largest absolute Gasteiger partial charge is 0.489 e. The minimum absolute atomic E-state index is 0.102. The van der Waals surface area contributed by atoms with Crippen LogP contribution in [-0.2, 0) is 0 Å². The van der Waals surface area contributed by atoms with Crippen LogP contribution in [0.3, 0.4) is 0 Å². The second kappa shape index (κ2) is 5.17. The third-order valence-corrected chi connectivity index (χ3v) is 2.81. The maximum atomic E-state index is 5.91. The maximum absolute atomic E-state index is 5.91. The Morgan fingerprint density at radius 2 is 1.93 bits per heavy atom. The van der Waals surface area contributed by atoms with Gasteiger partial charge in [0.15, 0.2) is 0 Å². The molecule has 1 unspecified atom stereocenters. The van der Waals surface area contributed by atoms with Crippen LogP contribution in [0.4, 0.5) is 0 Å². The molecule has 0 aliphatic carbocycles. The van der Waals surface area contributed by atoms with Crippen LogP contribution in [0.25, 0.3) is 0 Å². The van der Waals surface area contributed by atoms with Gasteiger partial charge in [-0.1, -0.05) is 26.0 Å². The summed E-state index contributed by atoms with van der Waals surface area (Å²) in [6.45, 7) is 8.99. The van der Waals surface area contributed by atoms with Crippen molar-refractivity contribution in [2.24, 2.45) is 11.7 Å². The molecule has 2 heteroatoms. The first kappa shape index (κ1) is 12.1. The molecule has 0 spiro atoms. The van der Waals surface area contributed by atoms with E-state index in [1.165, 1.54) is 11.1 Å². The molecule has 0 radical (unpaired) electrons. The Balaban J connectivity index is 2.84. The topological polar surface area (TPSA) is 35.2 Å². The predicted octanol–water partition coefficient (Wildman–Crippen LogP) is 2.67. The van der Waals surface area contributed by atoms with Gasteiger partial charge in [-0.2, -0.15) is 0 Å². The van der Waals surface area contributed by atoms with Gasteiger partial charge in [0, 0.05) is 6.54 Å². The molecular formula is C13H21NO. The van der Waals surface area contributed by atoms with E-state index < -0.39 is 0 Å². The lowest BCUT2D eigenvalue weighted by molar-refractivity contribution is 0.158. The summed E-state index contributed by atoms with van der Waals surface area (Å²) >= 11 is 0. The molecule has 1 aromatic carbocycles. The molecule has 0 saturated carbocycles. The van der Waals surface area contributed by atoms with Crippen molar-refractivity contribution in [2.45, 2.75) is 33.8 Å². The zero-order chi connectivity index (χ0) is 11.4. The number of benzene rings is 1. The van der Waals surface area contributed by atoms with E-state index in [1.54, 1.807) is 0 Å². The molecule has 2 nitrogen and oxygen atoms in total. The molecule has 0 fully saturated rings. The van der Waals surface area contributed by atoms with Crippen molar-refractivity contribution in [3.05, 3.63) is 29.3 Å². The van der Waals surface area contributed by atoms with Crippen LogP contribution in [0.1, 0.15) is 25.0 Å². The summed E-state index contributed by atoms with van der Waals surface area (Å²) in [5, 5.41) is 0. The van der Waals surface area contributed by atoms with Gasteiger partial charge in [-0.3, -0.25) is 0 Å². The Morgan fingerprint density at radius 3 is 2.47 bits per heavy atom. The predicted molar refractivity (Wildman–Crippen MR) is 64.2 cm³/mol. The Bertz CT molecular complexity index is 320. The van der Waals surface area contributed by atoms with Gasteiger partial charge in [-0.15, -0.1) is 0 Å². The molecule has 1 aromatic rings. The lowest BCUT2D eigenvalue weighted by atomic mass is 10.1. The summed E-state index contributed by atoms with van der Waals surface area (Å²) in [5.74, 6) is 1.40. The molecule has 0 saturated heterocycles. The first-order valence-electron chi connectivity index (χ1n) is 5.49. The van der Waals surface area contributed by atoms with Gasteiger partial charge in [0.05, 0.1) is 0 Å². The summed E-state index contributed by atoms with van der Waals surface area (Å²) < 4.78 is 5.91. The maximum Gasteiger partial charge on any atom is 0.122 e. The molecule has 1 atom stereocenters. The lowest BCUT2D eigenvalue weighted by Gasteiger charge is -2.22. The normalized spacial score (nSPS) is 12.9. The van der Waals surface area contributed by atoms with Gasteiger partial charge in [-0.25, -0.2) is 0 Å². The standard InChI is InChI=1S/C13H21NO/c1-9(2)13(8-14)15-12-7-5-6-10(3)11(12)4/h5-7,9,13H,8,14H2,1-4H3. The van der Waals surface area contributed by atoms with E-state index in [0.717, 1.165) is 5.75 Å². The van der Waals surface area contributed by atoms with Crippen LogP contribution in [0.2, 0.25) is 0 Å². The minimum Gasteiger partial charge on any atom is -0.489 e. The van der Waals surface area contributed by atoms with Gasteiger partial charge < -0.3 is 10.5 Å². The van der Waals surface area contributed by atoms with E-state index in [9.17, 15) is 0 Å². The van der Waals surface area contributed by atoms with Gasteiger partial charge in [0.2, 0.25) is 0 Å². The zero-order valence-electron chi connectivity index (χ0n) is 10.1. The fourth-order valence-corrected chi connectivity index (χ4v) is 1.47. The van der Waals surface area contributed by atoms with Gasteiger partial charge in [0.1, 0.15) is 11.9 Å². The number of hydrogen-bond donors (Lipinski definition) is 1. The van der Waals surface area contributed by atoms with E-state index in [-0.39, 0.29) is 6.10 Å². The van der Waals surface area contributed by atoms with Gasteiger partial charge in [-0.05, 0) is 37.0 Å². The average Bonchev–Trinajstić information content (AvgIpc) is 2.19. The van der Waals surface area contributed by atoms with Crippen LogP contribution in [0, 0.1) is 19.8 Å². The van der Waals surface area contributed by atoms with Crippen LogP contribution in [0.15, 0.2) is 18.2 Å². The molecule has 0 aromatic heterocycles. The Morgan fingerprint density at radius 1 is 1.27 bits per heavy atom. The molecule has 2 N–H and O–H groups in total. The molecule has 0 bridgehead atoms.